The van der Waals surface area contributed by atoms with Crippen molar-refractivity contribution in [3.63, 3.8) is 0 Å². The summed E-state index contributed by atoms with van der Waals surface area (Å²) in [6.07, 6.45) is 5.82. The van der Waals surface area contributed by atoms with Gasteiger partial charge in [0.2, 0.25) is 5.88 Å². The number of nitrogens with zero attached hydrogens (tertiary/aromatic N) is 4. The van der Waals surface area contributed by atoms with Crippen LogP contribution in [0.1, 0.15) is 25.7 Å². The molecule has 0 unspecified atom stereocenters. The molecular formula is C14H12Cl2F2N4O2. The van der Waals surface area contributed by atoms with E-state index in [0.717, 1.165) is 0 Å². The Bertz CT molecular complexity index is 843. The van der Waals surface area contributed by atoms with E-state index < -0.39 is 12.2 Å². The van der Waals surface area contributed by atoms with Crippen LogP contribution in [0.15, 0.2) is 10.9 Å². The highest BCUT2D eigenvalue weighted by atomic mass is 35.5. The van der Waals surface area contributed by atoms with E-state index in [0.29, 0.717) is 11.1 Å². The third-order valence-corrected chi connectivity index (χ3v) is 3.47. The van der Waals surface area contributed by atoms with Crippen molar-refractivity contribution in [1.82, 2.24) is 19.3 Å². The first-order valence-corrected chi connectivity index (χ1v) is 7.57. The SMILES string of the molecule is C#CCOc1nc(-n2nc(CCC)n(C(F)F)c2=O)c(Cl)cc1Cl. The van der Waals surface area contributed by atoms with Gasteiger partial charge >= 0.3 is 12.2 Å². The fourth-order valence-electron chi connectivity index (χ4n) is 1.95. The number of pyridine rings is 1. The predicted octanol–water partition coefficient (Wildman–Crippen LogP) is 3.10. The van der Waals surface area contributed by atoms with Crippen molar-refractivity contribution >= 4 is 23.2 Å². The Hall–Kier alpha value is -2.11. The molecule has 0 aromatic carbocycles. The number of aryl methyl sites for hydroxylation is 1. The van der Waals surface area contributed by atoms with E-state index in [-0.39, 0.29) is 45.2 Å². The monoisotopic (exact) mass is 376 g/mol. The topological polar surface area (TPSA) is 61.9 Å². The molecule has 0 spiro atoms. The van der Waals surface area contributed by atoms with Crippen molar-refractivity contribution in [2.45, 2.75) is 26.3 Å². The number of rotatable bonds is 6. The molecule has 0 aliphatic heterocycles. The first-order valence-electron chi connectivity index (χ1n) is 6.82. The summed E-state index contributed by atoms with van der Waals surface area (Å²) in [6.45, 7) is -1.37. The van der Waals surface area contributed by atoms with Crippen LogP contribution in [0.2, 0.25) is 10.0 Å². The van der Waals surface area contributed by atoms with Crippen LogP contribution in [0, 0.1) is 12.3 Å². The fraction of sp³-hybridized carbons (Fsp3) is 0.357. The number of alkyl halides is 2. The molecule has 6 nitrogen and oxygen atoms in total. The molecule has 2 aromatic heterocycles. The fourth-order valence-corrected chi connectivity index (χ4v) is 2.44. The number of aromatic nitrogens is 4. The predicted molar refractivity (Wildman–Crippen MR) is 85.2 cm³/mol. The molecular weight excluding hydrogens is 365 g/mol. The van der Waals surface area contributed by atoms with Crippen LogP contribution in [-0.2, 0) is 6.42 Å². The van der Waals surface area contributed by atoms with Crippen molar-refractivity contribution in [3.05, 3.63) is 32.4 Å². The van der Waals surface area contributed by atoms with Gasteiger partial charge in [-0.1, -0.05) is 36.0 Å². The average molecular weight is 377 g/mol. The van der Waals surface area contributed by atoms with Gasteiger partial charge in [0.05, 0.1) is 5.02 Å². The highest BCUT2D eigenvalue weighted by Gasteiger charge is 2.23. The summed E-state index contributed by atoms with van der Waals surface area (Å²) in [7, 11) is 0. The number of halogens is 4. The van der Waals surface area contributed by atoms with Crippen LogP contribution in [0.4, 0.5) is 8.78 Å². The van der Waals surface area contributed by atoms with Crippen molar-refractivity contribution in [3.8, 4) is 24.0 Å². The Morgan fingerprint density at radius 3 is 2.71 bits per heavy atom. The van der Waals surface area contributed by atoms with Crippen molar-refractivity contribution in [2.24, 2.45) is 0 Å². The molecule has 128 valence electrons. The van der Waals surface area contributed by atoms with Crippen LogP contribution in [0.3, 0.4) is 0 Å². The molecule has 0 bridgehead atoms. The number of hydrogen-bond donors (Lipinski definition) is 0. The minimum Gasteiger partial charge on any atom is -0.463 e. The quantitative estimate of drug-likeness (QED) is 0.726. The first kappa shape index (κ1) is 18.2. The second-order valence-electron chi connectivity index (χ2n) is 4.58. The van der Waals surface area contributed by atoms with E-state index in [1.165, 1.54) is 6.07 Å². The zero-order chi connectivity index (χ0) is 17.9. The summed E-state index contributed by atoms with van der Waals surface area (Å²) in [5, 5.41) is 3.92. The zero-order valence-corrected chi connectivity index (χ0v) is 14.0. The van der Waals surface area contributed by atoms with Gasteiger partial charge in [-0.15, -0.1) is 11.5 Å². The highest BCUT2D eigenvalue weighted by molar-refractivity contribution is 6.36. The summed E-state index contributed by atoms with van der Waals surface area (Å²) >= 11 is 11.9. The first-order chi connectivity index (χ1) is 11.4. The lowest BCUT2D eigenvalue weighted by atomic mass is 10.3. The van der Waals surface area contributed by atoms with Gasteiger partial charge in [-0.2, -0.15) is 18.4 Å². The Morgan fingerprint density at radius 1 is 1.42 bits per heavy atom. The van der Waals surface area contributed by atoms with Gasteiger partial charge in [-0.3, -0.25) is 0 Å². The lowest BCUT2D eigenvalue weighted by Gasteiger charge is -2.08. The highest BCUT2D eigenvalue weighted by Crippen LogP contribution is 2.29. The zero-order valence-electron chi connectivity index (χ0n) is 12.5. The summed E-state index contributed by atoms with van der Waals surface area (Å²) in [5.74, 6) is 1.91. The van der Waals surface area contributed by atoms with Crippen LogP contribution < -0.4 is 10.4 Å². The molecule has 2 heterocycles. The van der Waals surface area contributed by atoms with Crippen molar-refractivity contribution in [1.29, 1.82) is 0 Å². The van der Waals surface area contributed by atoms with E-state index in [1.807, 2.05) is 0 Å². The Labute approximate surface area is 146 Å². The molecule has 0 saturated heterocycles. The van der Waals surface area contributed by atoms with Crippen LogP contribution >= 0.6 is 23.2 Å². The summed E-state index contributed by atoms with van der Waals surface area (Å²) in [5.41, 5.74) is -1.06. The maximum Gasteiger partial charge on any atom is 0.356 e. The molecule has 0 fully saturated rings. The second kappa shape index (κ2) is 7.64. The molecule has 24 heavy (non-hydrogen) atoms. The number of ether oxygens (including phenoxy) is 1. The van der Waals surface area contributed by atoms with Gasteiger partial charge < -0.3 is 4.74 Å². The van der Waals surface area contributed by atoms with E-state index in [1.54, 1.807) is 6.92 Å². The van der Waals surface area contributed by atoms with E-state index >= 15 is 0 Å². The number of terminal acetylenes is 1. The lowest BCUT2D eigenvalue weighted by molar-refractivity contribution is 0.0630. The smallest absolute Gasteiger partial charge is 0.356 e. The number of hydrogen-bond acceptors (Lipinski definition) is 4. The maximum absolute atomic E-state index is 13.1. The minimum atomic E-state index is -3.03. The van der Waals surface area contributed by atoms with E-state index in [4.69, 9.17) is 34.4 Å². The third kappa shape index (κ3) is 3.52. The summed E-state index contributed by atoms with van der Waals surface area (Å²) in [4.78, 5) is 16.2. The third-order valence-electron chi connectivity index (χ3n) is 2.92. The van der Waals surface area contributed by atoms with Crippen LogP contribution in [0.25, 0.3) is 5.82 Å². The molecule has 0 N–H and O–H groups in total. The van der Waals surface area contributed by atoms with E-state index in [9.17, 15) is 13.6 Å². The average Bonchev–Trinajstić information content (AvgIpc) is 2.83. The van der Waals surface area contributed by atoms with Gasteiger partial charge in [0, 0.05) is 6.42 Å². The molecule has 0 amide bonds. The van der Waals surface area contributed by atoms with Gasteiger partial charge in [-0.05, 0) is 12.5 Å². The molecule has 0 aliphatic rings. The van der Waals surface area contributed by atoms with Crippen LogP contribution in [0.5, 0.6) is 5.88 Å². The molecule has 0 radical (unpaired) electrons. The van der Waals surface area contributed by atoms with Gasteiger partial charge in [0.15, 0.2) is 12.4 Å². The summed E-state index contributed by atoms with van der Waals surface area (Å²) in [6, 6.07) is 1.27. The molecule has 0 atom stereocenters. The summed E-state index contributed by atoms with van der Waals surface area (Å²) < 4.78 is 32.4. The van der Waals surface area contributed by atoms with Crippen molar-refractivity contribution < 1.29 is 13.5 Å². The normalized spacial score (nSPS) is 10.9. The Kier molecular flexibility index (Phi) is 5.80. The van der Waals surface area contributed by atoms with Gasteiger partial charge in [-0.25, -0.2) is 9.36 Å². The second-order valence-corrected chi connectivity index (χ2v) is 5.40. The Balaban J connectivity index is 2.62. The molecule has 10 heteroatoms. The van der Waals surface area contributed by atoms with Gasteiger partial charge in [0.1, 0.15) is 10.8 Å². The minimum absolute atomic E-state index is 0.0443. The molecule has 2 aromatic rings. The molecule has 0 aliphatic carbocycles. The maximum atomic E-state index is 13.1. The van der Waals surface area contributed by atoms with Crippen molar-refractivity contribution in [2.75, 3.05) is 6.61 Å². The van der Waals surface area contributed by atoms with Crippen LogP contribution in [-0.4, -0.2) is 25.9 Å². The van der Waals surface area contributed by atoms with E-state index in [2.05, 4.69) is 16.0 Å². The standard InChI is InChI=1S/C14H12Cl2F2N4O2/c1-3-5-10-20-22(14(23)21(10)13(17)18)11-8(15)7-9(16)12(19-11)24-6-4-2/h2,7,13H,3,5-6H2,1H3. The molecule has 2 rings (SSSR count). The molecule has 0 saturated carbocycles. The van der Waals surface area contributed by atoms with Gasteiger partial charge in [0.25, 0.3) is 0 Å². The lowest BCUT2D eigenvalue weighted by Crippen LogP contribution is -2.26. The largest absolute Gasteiger partial charge is 0.463 e. The Morgan fingerprint density at radius 2 is 2.12 bits per heavy atom.